The molecular formula is C13H18F2N2. The summed E-state index contributed by atoms with van der Waals surface area (Å²) in [5.41, 5.74) is 0.0889. The molecule has 1 saturated heterocycles. The number of halogens is 2. The fourth-order valence-electron chi connectivity index (χ4n) is 2.40. The van der Waals surface area contributed by atoms with Crippen molar-refractivity contribution in [2.75, 3.05) is 31.6 Å². The van der Waals surface area contributed by atoms with E-state index in [9.17, 15) is 8.78 Å². The summed E-state index contributed by atoms with van der Waals surface area (Å²) in [6, 6.07) is 4.00. The number of nitrogens with zero attached hydrogens (tertiary/aromatic N) is 1. The van der Waals surface area contributed by atoms with Gasteiger partial charge in [0.2, 0.25) is 0 Å². The van der Waals surface area contributed by atoms with Crippen LogP contribution in [0.25, 0.3) is 0 Å². The summed E-state index contributed by atoms with van der Waals surface area (Å²) >= 11 is 0. The van der Waals surface area contributed by atoms with Gasteiger partial charge in [0.05, 0.1) is 0 Å². The third kappa shape index (κ3) is 2.94. The van der Waals surface area contributed by atoms with Crippen molar-refractivity contribution in [2.24, 2.45) is 5.92 Å². The van der Waals surface area contributed by atoms with E-state index in [1.807, 2.05) is 0 Å². The summed E-state index contributed by atoms with van der Waals surface area (Å²) in [7, 11) is 1.75. The van der Waals surface area contributed by atoms with Gasteiger partial charge in [0, 0.05) is 13.6 Å². The van der Waals surface area contributed by atoms with Crippen LogP contribution in [0.3, 0.4) is 0 Å². The molecule has 0 saturated carbocycles. The molecule has 17 heavy (non-hydrogen) atoms. The Balaban J connectivity index is 2.05. The third-order valence-electron chi connectivity index (χ3n) is 3.31. The maximum absolute atomic E-state index is 13.6. The lowest BCUT2D eigenvalue weighted by Crippen LogP contribution is -2.35. The lowest BCUT2D eigenvalue weighted by Gasteiger charge is -2.29. The van der Waals surface area contributed by atoms with Gasteiger partial charge < -0.3 is 10.2 Å². The van der Waals surface area contributed by atoms with Crippen molar-refractivity contribution in [3.8, 4) is 0 Å². The molecule has 2 nitrogen and oxygen atoms in total. The Labute approximate surface area is 101 Å². The van der Waals surface area contributed by atoms with Gasteiger partial charge in [-0.05, 0) is 44.0 Å². The summed E-state index contributed by atoms with van der Waals surface area (Å²) < 4.78 is 27.1. The molecule has 0 atom stereocenters. The number of hydrogen-bond donors (Lipinski definition) is 1. The number of para-hydroxylation sites is 1. The first-order valence-electron chi connectivity index (χ1n) is 6.04. The Morgan fingerprint density at radius 3 is 2.41 bits per heavy atom. The standard InChI is InChI=1S/C13H18F2N2/c1-17(9-10-5-7-16-8-6-10)13-11(14)3-2-4-12(13)15/h2-4,10,16H,5-9H2,1H3. The molecule has 1 aromatic carbocycles. The Bertz CT molecular complexity index is 355. The molecule has 1 N–H and O–H groups in total. The average molecular weight is 240 g/mol. The third-order valence-corrected chi connectivity index (χ3v) is 3.31. The van der Waals surface area contributed by atoms with Crippen LogP contribution in [0.4, 0.5) is 14.5 Å². The van der Waals surface area contributed by atoms with Crippen molar-refractivity contribution in [1.82, 2.24) is 5.32 Å². The Hall–Kier alpha value is -1.16. The number of hydrogen-bond acceptors (Lipinski definition) is 2. The minimum absolute atomic E-state index is 0.0889. The molecule has 0 spiro atoms. The van der Waals surface area contributed by atoms with Gasteiger partial charge in [0.25, 0.3) is 0 Å². The molecule has 0 aromatic heterocycles. The molecular weight excluding hydrogens is 222 g/mol. The van der Waals surface area contributed by atoms with Gasteiger partial charge in [-0.2, -0.15) is 0 Å². The first-order valence-corrected chi connectivity index (χ1v) is 6.04. The van der Waals surface area contributed by atoms with E-state index in [1.165, 1.54) is 18.2 Å². The molecule has 0 unspecified atom stereocenters. The lowest BCUT2D eigenvalue weighted by molar-refractivity contribution is 0.376. The van der Waals surface area contributed by atoms with Crippen molar-refractivity contribution < 1.29 is 8.78 Å². The molecule has 1 fully saturated rings. The van der Waals surface area contributed by atoms with Gasteiger partial charge >= 0.3 is 0 Å². The van der Waals surface area contributed by atoms with E-state index in [0.29, 0.717) is 12.5 Å². The second kappa shape index (κ2) is 5.45. The van der Waals surface area contributed by atoms with E-state index in [0.717, 1.165) is 25.9 Å². The summed E-state index contributed by atoms with van der Waals surface area (Å²) in [6.45, 7) is 2.70. The molecule has 0 bridgehead atoms. The normalized spacial score (nSPS) is 17.1. The highest BCUT2D eigenvalue weighted by Crippen LogP contribution is 2.24. The number of rotatable bonds is 3. The zero-order chi connectivity index (χ0) is 12.3. The van der Waals surface area contributed by atoms with Crippen LogP contribution in [-0.2, 0) is 0 Å². The quantitative estimate of drug-likeness (QED) is 0.872. The van der Waals surface area contributed by atoms with E-state index in [1.54, 1.807) is 11.9 Å². The zero-order valence-electron chi connectivity index (χ0n) is 10.0. The van der Waals surface area contributed by atoms with E-state index < -0.39 is 11.6 Å². The average Bonchev–Trinajstić information content (AvgIpc) is 2.30. The molecule has 0 aliphatic carbocycles. The van der Waals surface area contributed by atoms with Gasteiger partial charge in [-0.3, -0.25) is 0 Å². The van der Waals surface area contributed by atoms with Crippen molar-refractivity contribution in [2.45, 2.75) is 12.8 Å². The van der Waals surface area contributed by atoms with Crippen LogP contribution in [0.5, 0.6) is 0 Å². The minimum atomic E-state index is -0.485. The van der Waals surface area contributed by atoms with Gasteiger partial charge in [-0.15, -0.1) is 0 Å². The second-order valence-electron chi connectivity index (χ2n) is 4.64. The number of anilines is 1. The highest BCUT2D eigenvalue weighted by Gasteiger charge is 2.19. The van der Waals surface area contributed by atoms with Crippen LogP contribution in [0, 0.1) is 17.6 Å². The Kier molecular flexibility index (Phi) is 3.94. The maximum Gasteiger partial charge on any atom is 0.149 e. The number of nitrogens with one attached hydrogen (secondary N) is 1. The number of piperidine rings is 1. The fourth-order valence-corrected chi connectivity index (χ4v) is 2.40. The van der Waals surface area contributed by atoms with Crippen molar-refractivity contribution in [1.29, 1.82) is 0 Å². The molecule has 1 heterocycles. The monoisotopic (exact) mass is 240 g/mol. The highest BCUT2D eigenvalue weighted by atomic mass is 19.1. The highest BCUT2D eigenvalue weighted by molar-refractivity contribution is 5.48. The van der Waals surface area contributed by atoms with Crippen molar-refractivity contribution in [3.05, 3.63) is 29.8 Å². The molecule has 0 amide bonds. The first kappa shape index (κ1) is 12.3. The van der Waals surface area contributed by atoms with Crippen LogP contribution in [0.1, 0.15) is 12.8 Å². The van der Waals surface area contributed by atoms with Crippen LogP contribution in [-0.4, -0.2) is 26.7 Å². The van der Waals surface area contributed by atoms with Gasteiger partial charge in [0.1, 0.15) is 17.3 Å². The molecule has 4 heteroatoms. The fraction of sp³-hybridized carbons (Fsp3) is 0.538. The molecule has 0 radical (unpaired) electrons. The number of benzene rings is 1. The zero-order valence-corrected chi connectivity index (χ0v) is 10.0. The summed E-state index contributed by atoms with van der Waals surface area (Å²) in [6.07, 6.45) is 2.14. The van der Waals surface area contributed by atoms with E-state index in [4.69, 9.17) is 0 Å². The van der Waals surface area contributed by atoms with Crippen LogP contribution in [0.2, 0.25) is 0 Å². The van der Waals surface area contributed by atoms with Gasteiger partial charge in [-0.1, -0.05) is 6.07 Å². The molecule has 1 aliphatic rings. The summed E-state index contributed by atoms with van der Waals surface area (Å²) in [5.74, 6) is -0.455. The van der Waals surface area contributed by atoms with E-state index in [-0.39, 0.29) is 5.69 Å². The predicted molar refractivity (Wildman–Crippen MR) is 65.2 cm³/mol. The Morgan fingerprint density at radius 2 is 1.82 bits per heavy atom. The lowest BCUT2D eigenvalue weighted by atomic mass is 9.97. The molecule has 94 valence electrons. The maximum atomic E-state index is 13.6. The second-order valence-corrected chi connectivity index (χ2v) is 4.64. The minimum Gasteiger partial charge on any atom is -0.370 e. The summed E-state index contributed by atoms with van der Waals surface area (Å²) in [4.78, 5) is 1.70. The first-order chi connectivity index (χ1) is 8.18. The van der Waals surface area contributed by atoms with Crippen molar-refractivity contribution >= 4 is 5.69 Å². The van der Waals surface area contributed by atoms with E-state index in [2.05, 4.69) is 5.32 Å². The van der Waals surface area contributed by atoms with Gasteiger partial charge in [0.15, 0.2) is 0 Å². The molecule has 1 aliphatic heterocycles. The summed E-state index contributed by atoms with van der Waals surface area (Å²) in [5, 5.41) is 3.28. The molecule has 2 rings (SSSR count). The van der Waals surface area contributed by atoms with Gasteiger partial charge in [-0.25, -0.2) is 8.78 Å². The Morgan fingerprint density at radius 1 is 1.24 bits per heavy atom. The SMILES string of the molecule is CN(CC1CCNCC1)c1c(F)cccc1F. The van der Waals surface area contributed by atoms with Crippen LogP contribution < -0.4 is 10.2 Å². The van der Waals surface area contributed by atoms with Crippen molar-refractivity contribution in [3.63, 3.8) is 0 Å². The largest absolute Gasteiger partial charge is 0.370 e. The topological polar surface area (TPSA) is 15.3 Å². The molecule has 1 aromatic rings. The van der Waals surface area contributed by atoms with Crippen LogP contribution in [0.15, 0.2) is 18.2 Å². The van der Waals surface area contributed by atoms with E-state index >= 15 is 0 Å². The van der Waals surface area contributed by atoms with Crippen LogP contribution >= 0.6 is 0 Å². The predicted octanol–water partition coefficient (Wildman–Crippen LogP) is 2.40. The smallest absolute Gasteiger partial charge is 0.149 e.